The van der Waals surface area contributed by atoms with Crippen molar-refractivity contribution in [1.29, 1.82) is 0 Å². The van der Waals surface area contributed by atoms with Crippen molar-refractivity contribution in [2.24, 2.45) is 0 Å². The second kappa shape index (κ2) is 6.31. The lowest BCUT2D eigenvalue weighted by Gasteiger charge is -2.12. The number of carbonyl (C=O) groups is 1. The summed E-state index contributed by atoms with van der Waals surface area (Å²) in [7, 11) is 0. The largest absolute Gasteiger partial charge is 0.487 e. The predicted octanol–water partition coefficient (Wildman–Crippen LogP) is 4.65. The van der Waals surface area contributed by atoms with Gasteiger partial charge in [-0.2, -0.15) is 0 Å². The Hall–Kier alpha value is -2.81. The third kappa shape index (κ3) is 2.93. The van der Waals surface area contributed by atoms with Gasteiger partial charge in [-0.05, 0) is 36.8 Å². The Morgan fingerprint density at radius 1 is 1.00 bits per heavy atom. The minimum Gasteiger partial charge on any atom is -0.487 e. The lowest BCUT2D eigenvalue weighted by molar-refractivity contribution is 0.111. The van der Waals surface area contributed by atoms with Crippen LogP contribution in [-0.4, -0.2) is 6.29 Å². The van der Waals surface area contributed by atoms with Crippen molar-refractivity contribution in [3.63, 3.8) is 0 Å². The average Bonchev–Trinajstić information content (AvgIpc) is 3.00. The summed E-state index contributed by atoms with van der Waals surface area (Å²) in [4.78, 5) is 11.3. The van der Waals surface area contributed by atoms with Crippen LogP contribution in [0.5, 0.6) is 5.75 Å². The van der Waals surface area contributed by atoms with E-state index in [1.807, 2.05) is 61.5 Å². The van der Waals surface area contributed by atoms with Crippen LogP contribution in [0.1, 0.15) is 21.7 Å². The molecule has 0 amide bonds. The molecule has 0 unspecified atom stereocenters. The lowest BCUT2D eigenvalue weighted by Crippen LogP contribution is -2.00. The summed E-state index contributed by atoms with van der Waals surface area (Å²) < 4.78 is 11.6. The molecule has 0 saturated carbocycles. The first-order chi connectivity index (χ1) is 10.8. The van der Waals surface area contributed by atoms with E-state index in [1.54, 1.807) is 6.07 Å². The molecule has 0 radical (unpaired) electrons. The highest BCUT2D eigenvalue weighted by Crippen LogP contribution is 2.34. The number of benzene rings is 2. The van der Waals surface area contributed by atoms with Gasteiger partial charge in [0, 0.05) is 0 Å². The zero-order valence-corrected chi connectivity index (χ0v) is 12.3. The molecule has 0 atom stereocenters. The molecule has 3 nitrogen and oxygen atoms in total. The van der Waals surface area contributed by atoms with Gasteiger partial charge in [0.25, 0.3) is 0 Å². The molecule has 3 heteroatoms. The van der Waals surface area contributed by atoms with Crippen LogP contribution in [0.15, 0.2) is 65.1 Å². The fourth-order valence-electron chi connectivity index (χ4n) is 2.31. The molecule has 3 rings (SSSR count). The molecular formula is C19H16O3. The molecule has 2 aromatic carbocycles. The van der Waals surface area contributed by atoms with Crippen molar-refractivity contribution in [3.05, 3.63) is 77.6 Å². The molecule has 0 aliphatic heterocycles. The van der Waals surface area contributed by atoms with Crippen LogP contribution < -0.4 is 4.74 Å². The highest BCUT2D eigenvalue weighted by Gasteiger charge is 2.14. The third-order valence-electron chi connectivity index (χ3n) is 3.40. The van der Waals surface area contributed by atoms with Gasteiger partial charge in [-0.3, -0.25) is 4.79 Å². The quantitative estimate of drug-likeness (QED) is 0.643. The van der Waals surface area contributed by atoms with E-state index in [1.165, 1.54) is 0 Å². The first-order valence-corrected chi connectivity index (χ1v) is 7.09. The smallest absolute Gasteiger partial charge is 0.153 e. The number of rotatable bonds is 5. The van der Waals surface area contributed by atoms with Crippen LogP contribution in [0.2, 0.25) is 0 Å². The van der Waals surface area contributed by atoms with Crippen molar-refractivity contribution >= 4 is 6.29 Å². The van der Waals surface area contributed by atoms with E-state index < -0.39 is 0 Å². The van der Waals surface area contributed by atoms with E-state index in [2.05, 4.69) is 0 Å². The molecule has 0 spiro atoms. The van der Waals surface area contributed by atoms with E-state index in [0.29, 0.717) is 23.7 Å². The first-order valence-electron chi connectivity index (χ1n) is 7.09. The number of carbonyl (C=O) groups excluding carboxylic acids is 1. The monoisotopic (exact) mass is 292 g/mol. The van der Waals surface area contributed by atoms with Gasteiger partial charge < -0.3 is 9.15 Å². The van der Waals surface area contributed by atoms with Gasteiger partial charge in [-0.1, -0.05) is 36.4 Å². The number of aryl methyl sites for hydroxylation is 1. The average molecular weight is 292 g/mol. The Morgan fingerprint density at radius 2 is 1.82 bits per heavy atom. The van der Waals surface area contributed by atoms with Crippen molar-refractivity contribution in [2.45, 2.75) is 13.5 Å². The molecule has 1 heterocycles. The number of furan rings is 1. The zero-order chi connectivity index (χ0) is 15.4. The molecule has 22 heavy (non-hydrogen) atoms. The summed E-state index contributed by atoms with van der Waals surface area (Å²) in [5.74, 6) is 2.07. The highest BCUT2D eigenvalue weighted by atomic mass is 16.5. The summed E-state index contributed by atoms with van der Waals surface area (Å²) in [6.45, 7) is 2.29. The molecule has 3 aromatic rings. The Bertz CT molecular complexity index is 772. The number of hydrogen-bond donors (Lipinski definition) is 0. The van der Waals surface area contributed by atoms with E-state index >= 15 is 0 Å². The van der Waals surface area contributed by atoms with Gasteiger partial charge in [0.1, 0.15) is 23.9 Å². The molecule has 0 aliphatic rings. The van der Waals surface area contributed by atoms with E-state index in [0.717, 1.165) is 23.2 Å². The van der Waals surface area contributed by atoms with Gasteiger partial charge in [-0.15, -0.1) is 0 Å². The predicted molar refractivity (Wildman–Crippen MR) is 85.0 cm³/mol. The van der Waals surface area contributed by atoms with Gasteiger partial charge in [0.05, 0.1) is 11.1 Å². The number of hydrogen-bond acceptors (Lipinski definition) is 3. The Morgan fingerprint density at radius 3 is 2.50 bits per heavy atom. The van der Waals surface area contributed by atoms with E-state index in [-0.39, 0.29) is 0 Å². The normalized spacial score (nSPS) is 10.4. The first kappa shape index (κ1) is 14.1. The van der Waals surface area contributed by atoms with E-state index in [9.17, 15) is 4.79 Å². The number of aldehydes is 1. The third-order valence-corrected chi connectivity index (χ3v) is 3.40. The molecule has 0 aliphatic carbocycles. The fourth-order valence-corrected chi connectivity index (χ4v) is 2.31. The maximum absolute atomic E-state index is 11.3. The van der Waals surface area contributed by atoms with Crippen LogP contribution in [-0.2, 0) is 6.61 Å². The summed E-state index contributed by atoms with van der Waals surface area (Å²) in [5.41, 5.74) is 2.35. The van der Waals surface area contributed by atoms with Gasteiger partial charge in [0.15, 0.2) is 6.29 Å². The standard InChI is InChI=1S/C19H16O3/c1-14-10-11-18(22-14)17-9-5-8-16(12-20)19(17)21-13-15-6-3-2-4-7-15/h2-12H,13H2,1H3. The van der Waals surface area contributed by atoms with Crippen LogP contribution in [0.4, 0.5) is 0 Å². The zero-order valence-electron chi connectivity index (χ0n) is 12.3. The molecule has 110 valence electrons. The fraction of sp³-hybridized carbons (Fsp3) is 0.105. The number of para-hydroxylation sites is 1. The Kier molecular flexibility index (Phi) is 4.05. The Labute approximate surface area is 129 Å². The molecule has 1 aromatic heterocycles. The summed E-state index contributed by atoms with van der Waals surface area (Å²) in [5, 5.41) is 0. The second-order valence-corrected chi connectivity index (χ2v) is 5.03. The maximum atomic E-state index is 11.3. The molecule has 0 N–H and O–H groups in total. The molecular weight excluding hydrogens is 276 g/mol. The Balaban J connectivity index is 1.95. The second-order valence-electron chi connectivity index (χ2n) is 5.03. The minimum atomic E-state index is 0.401. The number of ether oxygens (including phenoxy) is 1. The SMILES string of the molecule is Cc1ccc(-c2cccc(C=O)c2OCc2ccccc2)o1. The van der Waals surface area contributed by atoms with Crippen molar-refractivity contribution in [2.75, 3.05) is 0 Å². The molecule has 0 fully saturated rings. The lowest BCUT2D eigenvalue weighted by atomic mass is 10.1. The van der Waals surface area contributed by atoms with Gasteiger partial charge >= 0.3 is 0 Å². The molecule has 0 saturated heterocycles. The topological polar surface area (TPSA) is 39.4 Å². The van der Waals surface area contributed by atoms with Crippen LogP contribution in [0.25, 0.3) is 11.3 Å². The molecule has 0 bridgehead atoms. The summed E-state index contributed by atoms with van der Waals surface area (Å²) in [6.07, 6.45) is 0.805. The summed E-state index contributed by atoms with van der Waals surface area (Å²) in [6, 6.07) is 19.1. The van der Waals surface area contributed by atoms with E-state index in [4.69, 9.17) is 9.15 Å². The minimum absolute atomic E-state index is 0.401. The van der Waals surface area contributed by atoms with Gasteiger partial charge in [-0.25, -0.2) is 0 Å². The van der Waals surface area contributed by atoms with Crippen LogP contribution in [0, 0.1) is 6.92 Å². The van der Waals surface area contributed by atoms with Crippen molar-refractivity contribution in [1.82, 2.24) is 0 Å². The van der Waals surface area contributed by atoms with Crippen molar-refractivity contribution in [3.8, 4) is 17.1 Å². The van der Waals surface area contributed by atoms with Crippen molar-refractivity contribution < 1.29 is 13.9 Å². The highest BCUT2D eigenvalue weighted by molar-refractivity contribution is 5.85. The van der Waals surface area contributed by atoms with Gasteiger partial charge in [0.2, 0.25) is 0 Å². The maximum Gasteiger partial charge on any atom is 0.153 e. The van der Waals surface area contributed by atoms with Crippen LogP contribution in [0.3, 0.4) is 0 Å². The summed E-state index contributed by atoms with van der Waals surface area (Å²) >= 11 is 0. The van der Waals surface area contributed by atoms with Crippen LogP contribution >= 0.6 is 0 Å².